The molecule has 3 aromatic carbocycles. The normalized spacial score (nSPS) is 13.8. The number of aryl methyl sites for hydroxylation is 1. The van der Waals surface area contributed by atoms with Crippen molar-refractivity contribution in [3.63, 3.8) is 0 Å². The van der Waals surface area contributed by atoms with Crippen LogP contribution in [0.25, 0.3) is 21.9 Å². The summed E-state index contributed by atoms with van der Waals surface area (Å²) >= 11 is 0. The molecule has 1 aromatic heterocycles. The van der Waals surface area contributed by atoms with E-state index < -0.39 is 8.24 Å². The minimum Gasteiger partial charge on any atom is -0.399 e. The molecule has 0 N–H and O–H groups in total. The zero-order chi connectivity index (χ0) is 38.0. The Kier molecular flexibility index (Phi) is 10.9. The van der Waals surface area contributed by atoms with E-state index in [1.165, 1.54) is 44.5 Å². The molecule has 0 aliphatic carbocycles. The monoisotopic (exact) mass is 700 g/mol. The lowest BCUT2D eigenvalue weighted by Crippen LogP contribution is -2.20. The fourth-order valence-electron chi connectivity index (χ4n) is 6.95. The van der Waals surface area contributed by atoms with Crippen LogP contribution >= 0.6 is 8.24 Å². The third-order valence-electron chi connectivity index (χ3n) is 10.0. The maximum absolute atomic E-state index is 6.97. The zero-order valence-corrected chi connectivity index (χ0v) is 36.2. The van der Waals surface area contributed by atoms with Crippen LogP contribution < -0.4 is 4.52 Å². The van der Waals surface area contributed by atoms with E-state index in [1.807, 2.05) is 0 Å². The fraction of sp³-hybridized carbons (Fsp3) is 0.609. The van der Waals surface area contributed by atoms with Gasteiger partial charge < -0.3 is 8.39 Å². The van der Waals surface area contributed by atoms with Crippen molar-refractivity contribution in [2.45, 2.75) is 177 Å². The van der Waals surface area contributed by atoms with E-state index in [4.69, 9.17) is 12.9 Å². The maximum Gasteiger partial charge on any atom is 0.387 e. The van der Waals surface area contributed by atoms with E-state index in [0.29, 0.717) is 6.61 Å². The standard InChI is InChI=1S/C46H69O3P/c1-29-35(43(8,9)10)23-30(24-36(29)44(11,12)13)21-20-22-47-50-48-39-33(25-31(41(2,3)4)27-37(39)45(14,15)16)34-26-32(42(5,6)7)28-38(40(34)49-50)46(17,18)19/h23-28H,20-22H2,1-19H3. The summed E-state index contributed by atoms with van der Waals surface area (Å²) in [5.41, 5.74) is 12.2. The second kappa shape index (κ2) is 13.5. The van der Waals surface area contributed by atoms with Crippen LogP contribution in [0.3, 0.4) is 0 Å². The van der Waals surface area contributed by atoms with Crippen molar-refractivity contribution in [1.29, 1.82) is 0 Å². The van der Waals surface area contributed by atoms with Gasteiger partial charge in [-0.15, -0.1) is 0 Å². The van der Waals surface area contributed by atoms with Crippen LogP contribution in [0.5, 0.6) is 0 Å². The Morgan fingerprint density at radius 2 is 0.840 bits per heavy atom. The van der Waals surface area contributed by atoms with Crippen molar-refractivity contribution in [2.75, 3.05) is 6.61 Å². The van der Waals surface area contributed by atoms with Gasteiger partial charge >= 0.3 is 8.24 Å². The summed E-state index contributed by atoms with van der Waals surface area (Å²) in [4.78, 5) is 0. The fourth-order valence-corrected chi connectivity index (χ4v) is 8.06. The molecular weight excluding hydrogens is 631 g/mol. The number of hydrogen-bond acceptors (Lipinski definition) is 3. The first-order valence-corrected chi connectivity index (χ1v) is 19.9. The molecule has 0 atom stereocenters. The van der Waals surface area contributed by atoms with Gasteiger partial charge in [0.25, 0.3) is 0 Å². The molecule has 1 heterocycles. The van der Waals surface area contributed by atoms with Gasteiger partial charge in [-0.3, -0.25) is 4.52 Å². The number of hydrogen-bond donors (Lipinski definition) is 0. The van der Waals surface area contributed by atoms with Gasteiger partial charge in [0.05, 0.1) is 6.61 Å². The van der Waals surface area contributed by atoms with Gasteiger partial charge in [0.2, 0.25) is 0 Å². The summed E-state index contributed by atoms with van der Waals surface area (Å²) in [6.45, 7) is 44.2. The number of fused-ring (bicyclic) bond motifs is 3. The van der Waals surface area contributed by atoms with Gasteiger partial charge in [-0.2, -0.15) is 0 Å². The Bertz CT molecular complexity index is 1770. The lowest BCUT2D eigenvalue weighted by atomic mass is 9.75. The molecule has 0 bridgehead atoms. The van der Waals surface area contributed by atoms with Crippen molar-refractivity contribution in [3.8, 4) is 0 Å². The first-order valence-electron chi connectivity index (χ1n) is 18.8. The highest BCUT2D eigenvalue weighted by molar-refractivity contribution is 7.31. The summed E-state index contributed by atoms with van der Waals surface area (Å²) in [7, 11) is -1.71. The second-order valence-corrected chi connectivity index (χ2v) is 22.0. The molecule has 50 heavy (non-hydrogen) atoms. The van der Waals surface area contributed by atoms with Gasteiger partial charge in [0.15, 0.2) is 0 Å². The number of rotatable bonds is 5. The minimum absolute atomic E-state index is 0.0340. The molecule has 0 aliphatic heterocycles. The Balaban J connectivity index is 1.93. The molecule has 4 heteroatoms. The average Bonchev–Trinajstić information content (AvgIpc) is 3.08. The first-order chi connectivity index (χ1) is 22.5. The Morgan fingerprint density at radius 1 is 0.480 bits per heavy atom. The lowest BCUT2D eigenvalue weighted by Gasteiger charge is -2.30. The molecule has 0 aliphatic rings. The third kappa shape index (κ3) is 8.93. The van der Waals surface area contributed by atoms with E-state index in [9.17, 15) is 0 Å². The van der Waals surface area contributed by atoms with Gasteiger partial charge in [-0.05, 0) is 97.8 Å². The summed E-state index contributed by atoms with van der Waals surface area (Å²) < 4.78 is 20.6. The molecular formula is C46H69O3P. The van der Waals surface area contributed by atoms with Gasteiger partial charge in [0, 0.05) is 21.9 Å². The lowest BCUT2D eigenvalue weighted by molar-refractivity contribution is 0.363. The quantitative estimate of drug-likeness (QED) is 0.194. The first kappa shape index (κ1) is 40.3. The smallest absolute Gasteiger partial charge is 0.387 e. The average molecular weight is 701 g/mol. The minimum atomic E-state index is -1.71. The van der Waals surface area contributed by atoms with Crippen molar-refractivity contribution < 1.29 is 12.9 Å². The van der Waals surface area contributed by atoms with Crippen LogP contribution in [0.15, 0.2) is 44.8 Å². The van der Waals surface area contributed by atoms with Crippen LogP contribution in [0, 0.1) is 6.92 Å². The summed E-state index contributed by atoms with van der Waals surface area (Å²) in [5.74, 6) is 0. The van der Waals surface area contributed by atoms with Gasteiger partial charge in [-0.25, -0.2) is 0 Å². The molecule has 0 unspecified atom stereocenters. The highest BCUT2D eigenvalue weighted by atomic mass is 31.1. The van der Waals surface area contributed by atoms with Crippen molar-refractivity contribution in [3.05, 3.63) is 80.9 Å². The van der Waals surface area contributed by atoms with Crippen LogP contribution in [0.1, 0.15) is 176 Å². The van der Waals surface area contributed by atoms with E-state index in [-0.39, 0.29) is 32.5 Å². The Morgan fingerprint density at radius 3 is 1.16 bits per heavy atom. The number of benzene rings is 3. The molecule has 3 nitrogen and oxygen atoms in total. The van der Waals surface area contributed by atoms with Gasteiger partial charge in [0.1, 0.15) is 11.2 Å². The molecule has 4 rings (SSSR count). The van der Waals surface area contributed by atoms with Gasteiger partial charge in [-0.1, -0.05) is 149 Å². The van der Waals surface area contributed by atoms with Crippen LogP contribution in [-0.4, -0.2) is 6.61 Å². The summed E-state index contributed by atoms with van der Waals surface area (Å²) in [6.07, 6.45) is 1.82. The van der Waals surface area contributed by atoms with Crippen LogP contribution in [0.2, 0.25) is 0 Å². The summed E-state index contributed by atoms with van der Waals surface area (Å²) in [6, 6.07) is 14.2. The molecule has 4 aromatic rings. The summed E-state index contributed by atoms with van der Waals surface area (Å²) in [5, 5.41) is 2.21. The maximum atomic E-state index is 6.97. The van der Waals surface area contributed by atoms with E-state index in [1.54, 1.807) is 0 Å². The van der Waals surface area contributed by atoms with Crippen LogP contribution in [0.4, 0.5) is 0 Å². The van der Waals surface area contributed by atoms with Crippen molar-refractivity contribution in [1.82, 2.24) is 0 Å². The largest absolute Gasteiger partial charge is 0.399 e. The zero-order valence-electron chi connectivity index (χ0n) is 35.3. The van der Waals surface area contributed by atoms with Crippen molar-refractivity contribution in [2.24, 2.45) is 0 Å². The predicted octanol–water partition coefficient (Wildman–Crippen LogP) is 14.4. The highest BCUT2D eigenvalue weighted by Crippen LogP contribution is 2.45. The Labute approximate surface area is 306 Å². The molecule has 0 spiro atoms. The van der Waals surface area contributed by atoms with Crippen molar-refractivity contribution >= 4 is 30.2 Å². The molecule has 0 saturated carbocycles. The molecule has 276 valence electrons. The Hall–Kier alpha value is -2.48. The van der Waals surface area contributed by atoms with Crippen LogP contribution in [-0.2, 0) is 38.9 Å². The SMILES string of the molecule is Cc1c(C(C)(C)C)cc(CCCOp2oc3c(C(C)(C)C)cc(C(C)(C)C)cc3c3cc(C(C)(C)C)cc(C(C)(C)C)c3o2)cc1C(C)(C)C. The highest BCUT2D eigenvalue weighted by Gasteiger charge is 2.29. The predicted molar refractivity (Wildman–Crippen MR) is 219 cm³/mol. The molecule has 0 radical (unpaired) electrons. The molecule has 0 fully saturated rings. The topological polar surface area (TPSA) is 35.5 Å². The molecule has 0 saturated heterocycles. The van der Waals surface area contributed by atoms with E-state index in [0.717, 1.165) is 34.8 Å². The third-order valence-corrected chi connectivity index (χ3v) is 11.1. The van der Waals surface area contributed by atoms with E-state index in [2.05, 4.69) is 168 Å². The molecule has 0 amide bonds. The second-order valence-electron chi connectivity index (χ2n) is 21.0. The van der Waals surface area contributed by atoms with E-state index >= 15 is 0 Å².